The van der Waals surface area contributed by atoms with E-state index in [1.54, 1.807) is 14.2 Å². The van der Waals surface area contributed by atoms with Crippen molar-refractivity contribution in [2.75, 3.05) is 20.8 Å². The van der Waals surface area contributed by atoms with E-state index < -0.39 is 0 Å². The van der Waals surface area contributed by atoms with Gasteiger partial charge in [-0.2, -0.15) is 0 Å². The van der Waals surface area contributed by atoms with Crippen molar-refractivity contribution in [3.05, 3.63) is 59.7 Å². The van der Waals surface area contributed by atoms with Crippen LogP contribution in [0.1, 0.15) is 36.4 Å². The molecule has 138 valence electrons. The van der Waals surface area contributed by atoms with Gasteiger partial charge in [-0.05, 0) is 42.7 Å². The lowest BCUT2D eigenvalue weighted by atomic mass is 9.95. The van der Waals surface area contributed by atoms with Crippen LogP contribution in [0.15, 0.2) is 48.5 Å². The molecule has 0 aliphatic carbocycles. The smallest absolute Gasteiger partial charge is 0.184 e. The Morgan fingerprint density at radius 1 is 0.731 bits per heavy atom. The number of ether oxygens (including phenoxy) is 5. The minimum absolute atomic E-state index is 0.0367. The van der Waals surface area contributed by atoms with Crippen molar-refractivity contribution in [1.82, 2.24) is 0 Å². The molecule has 4 atom stereocenters. The highest BCUT2D eigenvalue weighted by atomic mass is 16.7. The Bertz CT molecular complexity index is 649. The number of fused-ring (bicyclic) bond motifs is 1. The normalized spacial score (nSPS) is 28.2. The van der Waals surface area contributed by atoms with Crippen LogP contribution in [0.3, 0.4) is 0 Å². The molecule has 2 saturated heterocycles. The van der Waals surface area contributed by atoms with Crippen LogP contribution in [0, 0.1) is 0 Å². The summed E-state index contributed by atoms with van der Waals surface area (Å²) in [4.78, 5) is 0. The highest BCUT2D eigenvalue weighted by molar-refractivity contribution is 5.29. The van der Waals surface area contributed by atoms with Gasteiger partial charge >= 0.3 is 0 Å². The van der Waals surface area contributed by atoms with E-state index in [2.05, 4.69) is 12.1 Å². The van der Waals surface area contributed by atoms with Crippen molar-refractivity contribution >= 4 is 0 Å². The van der Waals surface area contributed by atoms with Crippen LogP contribution in [0.4, 0.5) is 0 Å². The van der Waals surface area contributed by atoms with Gasteiger partial charge in [0, 0.05) is 5.56 Å². The third-order valence-corrected chi connectivity index (χ3v) is 5.05. The molecule has 0 N–H and O–H groups in total. The molecule has 1 unspecified atom stereocenters. The van der Waals surface area contributed by atoms with Crippen LogP contribution in [0.2, 0.25) is 0 Å². The minimum Gasteiger partial charge on any atom is -0.497 e. The van der Waals surface area contributed by atoms with Crippen molar-refractivity contribution in [2.24, 2.45) is 0 Å². The predicted molar refractivity (Wildman–Crippen MR) is 96.4 cm³/mol. The van der Waals surface area contributed by atoms with E-state index in [1.807, 2.05) is 36.4 Å². The molecule has 0 aromatic heterocycles. The predicted octanol–water partition coefficient (Wildman–Crippen LogP) is 4.04. The first-order valence-electron chi connectivity index (χ1n) is 8.97. The molecule has 2 aliphatic heterocycles. The van der Waals surface area contributed by atoms with Crippen molar-refractivity contribution in [3.8, 4) is 11.5 Å². The summed E-state index contributed by atoms with van der Waals surface area (Å²) in [6, 6.07) is 15.9. The topological polar surface area (TPSA) is 46.2 Å². The van der Waals surface area contributed by atoms with E-state index in [0.29, 0.717) is 6.61 Å². The summed E-state index contributed by atoms with van der Waals surface area (Å²) in [6.45, 7) is 0.536. The molecule has 0 amide bonds. The minimum atomic E-state index is -0.344. The summed E-state index contributed by atoms with van der Waals surface area (Å²) in [7, 11) is 3.33. The van der Waals surface area contributed by atoms with Crippen LogP contribution in [0.5, 0.6) is 11.5 Å². The lowest BCUT2D eigenvalue weighted by Gasteiger charge is -2.42. The molecule has 26 heavy (non-hydrogen) atoms. The van der Waals surface area contributed by atoms with Gasteiger partial charge in [0.05, 0.1) is 33.0 Å². The Hall–Kier alpha value is -2.08. The van der Waals surface area contributed by atoms with E-state index in [1.165, 1.54) is 5.56 Å². The molecular formula is C21H24O5. The van der Waals surface area contributed by atoms with Crippen molar-refractivity contribution in [3.63, 3.8) is 0 Å². The summed E-state index contributed by atoms with van der Waals surface area (Å²) in [6.07, 6.45) is 1.64. The number of rotatable bonds is 4. The third kappa shape index (κ3) is 3.56. The molecule has 2 aromatic rings. The van der Waals surface area contributed by atoms with Crippen LogP contribution in [-0.4, -0.2) is 33.0 Å². The first-order valence-corrected chi connectivity index (χ1v) is 8.97. The van der Waals surface area contributed by atoms with E-state index in [0.717, 1.165) is 29.9 Å². The summed E-state index contributed by atoms with van der Waals surface area (Å²) in [5, 5.41) is 0. The first kappa shape index (κ1) is 17.3. The van der Waals surface area contributed by atoms with E-state index in [9.17, 15) is 0 Å². The summed E-state index contributed by atoms with van der Waals surface area (Å²) in [5.41, 5.74) is 2.17. The van der Waals surface area contributed by atoms with Gasteiger partial charge in [0.25, 0.3) is 0 Å². The van der Waals surface area contributed by atoms with Crippen LogP contribution in [0.25, 0.3) is 0 Å². The molecule has 2 aromatic carbocycles. The second kappa shape index (κ2) is 7.66. The fourth-order valence-electron chi connectivity index (χ4n) is 3.55. The van der Waals surface area contributed by atoms with Gasteiger partial charge in [0.15, 0.2) is 6.29 Å². The van der Waals surface area contributed by atoms with Crippen molar-refractivity contribution < 1.29 is 23.7 Å². The van der Waals surface area contributed by atoms with E-state index in [-0.39, 0.29) is 24.6 Å². The molecular weight excluding hydrogens is 332 g/mol. The highest BCUT2D eigenvalue weighted by Gasteiger charge is 2.38. The summed E-state index contributed by atoms with van der Waals surface area (Å²) in [5.74, 6) is 1.68. The average Bonchev–Trinajstić information content (AvgIpc) is 2.73. The van der Waals surface area contributed by atoms with Gasteiger partial charge in [0.2, 0.25) is 0 Å². The number of benzene rings is 2. The largest absolute Gasteiger partial charge is 0.497 e. The zero-order chi connectivity index (χ0) is 17.9. The van der Waals surface area contributed by atoms with Crippen LogP contribution in [-0.2, 0) is 14.2 Å². The summed E-state index contributed by atoms with van der Waals surface area (Å²) < 4.78 is 28.8. The maximum absolute atomic E-state index is 6.26. The van der Waals surface area contributed by atoms with Gasteiger partial charge in [-0.25, -0.2) is 0 Å². The summed E-state index contributed by atoms with van der Waals surface area (Å²) >= 11 is 0. The second-order valence-corrected chi connectivity index (χ2v) is 6.63. The van der Waals surface area contributed by atoms with Crippen molar-refractivity contribution in [1.29, 1.82) is 0 Å². The Labute approximate surface area is 153 Å². The monoisotopic (exact) mass is 356 g/mol. The first-order chi connectivity index (χ1) is 12.8. The van der Waals surface area contributed by atoms with Gasteiger partial charge in [0.1, 0.15) is 17.6 Å². The van der Waals surface area contributed by atoms with E-state index in [4.69, 9.17) is 23.7 Å². The van der Waals surface area contributed by atoms with Gasteiger partial charge < -0.3 is 23.7 Å². The zero-order valence-corrected chi connectivity index (χ0v) is 15.1. The lowest BCUT2D eigenvalue weighted by molar-refractivity contribution is -0.289. The fraction of sp³-hybridized carbons (Fsp3) is 0.429. The molecule has 5 nitrogen and oxygen atoms in total. The van der Waals surface area contributed by atoms with Crippen molar-refractivity contribution in [2.45, 2.75) is 37.4 Å². The van der Waals surface area contributed by atoms with Crippen LogP contribution < -0.4 is 9.47 Å². The second-order valence-electron chi connectivity index (χ2n) is 6.63. The Balaban J connectivity index is 1.38. The maximum Gasteiger partial charge on any atom is 0.184 e. The SMILES string of the molecule is COc1ccc(C2OC[C@H]3O[C@@H](c4ccc(OC)cc4)CC[C@@H]3O2)cc1. The molecule has 0 bridgehead atoms. The molecule has 2 heterocycles. The highest BCUT2D eigenvalue weighted by Crippen LogP contribution is 2.38. The molecule has 2 aliphatic rings. The molecule has 4 rings (SSSR count). The molecule has 0 radical (unpaired) electrons. The van der Waals surface area contributed by atoms with Crippen LogP contribution >= 0.6 is 0 Å². The van der Waals surface area contributed by atoms with E-state index >= 15 is 0 Å². The molecule has 2 fully saturated rings. The number of hydrogen-bond donors (Lipinski definition) is 0. The lowest BCUT2D eigenvalue weighted by Crippen LogP contribution is -2.45. The quantitative estimate of drug-likeness (QED) is 0.827. The Kier molecular flexibility index (Phi) is 5.11. The standard InChI is InChI=1S/C21H24O5/c1-22-16-7-3-14(4-8-16)18-11-12-19-20(25-18)13-24-21(26-19)15-5-9-17(23-2)10-6-15/h3-10,18-21H,11-13H2,1-2H3/t18-,19+,20-,21?/m1/s1. The number of methoxy groups -OCH3 is 2. The molecule has 0 spiro atoms. The zero-order valence-electron chi connectivity index (χ0n) is 15.1. The van der Waals surface area contributed by atoms with Gasteiger partial charge in [-0.1, -0.05) is 24.3 Å². The average molecular weight is 356 g/mol. The van der Waals surface area contributed by atoms with Gasteiger partial charge in [-0.3, -0.25) is 0 Å². The molecule has 0 saturated carbocycles. The molecule has 5 heteroatoms. The third-order valence-electron chi connectivity index (χ3n) is 5.05. The maximum atomic E-state index is 6.26. The Morgan fingerprint density at radius 2 is 1.35 bits per heavy atom. The van der Waals surface area contributed by atoms with Gasteiger partial charge in [-0.15, -0.1) is 0 Å². The number of hydrogen-bond acceptors (Lipinski definition) is 5. The fourth-order valence-corrected chi connectivity index (χ4v) is 3.55. The Morgan fingerprint density at radius 3 is 1.96 bits per heavy atom.